The van der Waals surface area contributed by atoms with Crippen LogP contribution < -0.4 is 10.6 Å². The van der Waals surface area contributed by atoms with E-state index in [2.05, 4.69) is 10.6 Å². The van der Waals surface area contributed by atoms with E-state index < -0.39 is 24.5 Å². The lowest BCUT2D eigenvalue weighted by Crippen LogP contribution is -2.45. The molecule has 0 aliphatic heterocycles. The first-order valence-corrected chi connectivity index (χ1v) is 8.35. The van der Waals surface area contributed by atoms with Crippen LogP contribution in [0.3, 0.4) is 0 Å². The van der Waals surface area contributed by atoms with E-state index in [1.807, 2.05) is 6.07 Å². The number of amides is 2. The Kier molecular flexibility index (Phi) is 6.91. The van der Waals surface area contributed by atoms with Crippen molar-refractivity contribution in [1.82, 2.24) is 5.32 Å². The molecule has 2 rings (SSSR count). The molecule has 136 valence electrons. The second-order valence-electron chi connectivity index (χ2n) is 6.08. The number of hydrogen-bond donors (Lipinski definition) is 2. The number of ether oxygens (including phenoxy) is 1. The summed E-state index contributed by atoms with van der Waals surface area (Å²) < 4.78 is 5.07. The van der Waals surface area contributed by atoms with Gasteiger partial charge < -0.3 is 15.4 Å². The van der Waals surface area contributed by atoms with Crippen molar-refractivity contribution >= 4 is 23.5 Å². The summed E-state index contributed by atoms with van der Waals surface area (Å²) in [5.41, 5.74) is 1.07. The van der Waals surface area contributed by atoms with Gasteiger partial charge in [-0.1, -0.05) is 50.2 Å². The van der Waals surface area contributed by atoms with Gasteiger partial charge in [-0.3, -0.25) is 9.59 Å². The van der Waals surface area contributed by atoms with E-state index in [-0.39, 0.29) is 11.8 Å². The van der Waals surface area contributed by atoms with Gasteiger partial charge in [-0.15, -0.1) is 0 Å². The summed E-state index contributed by atoms with van der Waals surface area (Å²) in [5.74, 6) is -1.64. The Balaban J connectivity index is 1.89. The fraction of sp³-hybridized carbons (Fsp3) is 0.250. The Labute approximate surface area is 152 Å². The molecule has 0 unspecified atom stereocenters. The van der Waals surface area contributed by atoms with Crippen molar-refractivity contribution in [2.24, 2.45) is 5.92 Å². The molecule has 0 saturated heterocycles. The zero-order valence-corrected chi connectivity index (χ0v) is 14.8. The molecular weight excluding hydrogens is 332 g/mol. The van der Waals surface area contributed by atoms with E-state index in [9.17, 15) is 14.4 Å². The number of esters is 1. The van der Waals surface area contributed by atoms with Crippen molar-refractivity contribution in [3.8, 4) is 0 Å². The van der Waals surface area contributed by atoms with Crippen LogP contribution in [0.15, 0.2) is 60.7 Å². The van der Waals surface area contributed by atoms with Crippen LogP contribution in [0.1, 0.15) is 24.2 Å². The van der Waals surface area contributed by atoms with Crippen molar-refractivity contribution < 1.29 is 19.1 Å². The topological polar surface area (TPSA) is 84.5 Å². The summed E-state index contributed by atoms with van der Waals surface area (Å²) >= 11 is 0. The Hall–Kier alpha value is -3.15. The number of carbonyl (C=O) groups is 3. The zero-order valence-electron chi connectivity index (χ0n) is 14.8. The quantitative estimate of drug-likeness (QED) is 0.749. The number of para-hydroxylation sites is 1. The second-order valence-corrected chi connectivity index (χ2v) is 6.08. The Morgan fingerprint density at radius 2 is 1.50 bits per heavy atom. The SMILES string of the molecule is CC(C)[C@H](NC(=O)c1ccccc1)C(=O)OCC(=O)Nc1ccccc1. The van der Waals surface area contributed by atoms with Gasteiger partial charge in [0.05, 0.1) is 0 Å². The number of rotatable bonds is 7. The van der Waals surface area contributed by atoms with Crippen LogP contribution in [-0.2, 0) is 14.3 Å². The fourth-order valence-electron chi connectivity index (χ4n) is 2.26. The smallest absolute Gasteiger partial charge is 0.329 e. The van der Waals surface area contributed by atoms with Crippen molar-refractivity contribution in [2.45, 2.75) is 19.9 Å². The lowest BCUT2D eigenvalue weighted by atomic mass is 10.0. The standard InChI is InChI=1S/C20H22N2O4/c1-14(2)18(22-19(24)15-9-5-3-6-10-15)20(25)26-13-17(23)21-16-11-7-4-8-12-16/h3-12,14,18H,13H2,1-2H3,(H,21,23)(H,22,24)/t18-/m0/s1. The highest BCUT2D eigenvalue weighted by molar-refractivity contribution is 5.97. The molecule has 0 heterocycles. The minimum absolute atomic E-state index is 0.188. The Morgan fingerprint density at radius 1 is 0.923 bits per heavy atom. The van der Waals surface area contributed by atoms with Gasteiger partial charge in [-0.2, -0.15) is 0 Å². The van der Waals surface area contributed by atoms with E-state index in [0.29, 0.717) is 11.3 Å². The molecule has 0 radical (unpaired) electrons. The zero-order chi connectivity index (χ0) is 18.9. The molecular formula is C20H22N2O4. The molecule has 0 aromatic heterocycles. The van der Waals surface area contributed by atoms with Crippen LogP contribution in [0, 0.1) is 5.92 Å². The minimum Gasteiger partial charge on any atom is -0.454 e. The van der Waals surface area contributed by atoms with Crippen LogP contribution in [-0.4, -0.2) is 30.4 Å². The van der Waals surface area contributed by atoms with Gasteiger partial charge in [0.1, 0.15) is 6.04 Å². The van der Waals surface area contributed by atoms with Crippen molar-refractivity contribution in [2.75, 3.05) is 11.9 Å². The van der Waals surface area contributed by atoms with E-state index in [4.69, 9.17) is 4.74 Å². The molecule has 1 atom stereocenters. The van der Waals surface area contributed by atoms with Crippen LogP contribution in [0.4, 0.5) is 5.69 Å². The average molecular weight is 354 g/mol. The van der Waals surface area contributed by atoms with Crippen molar-refractivity contribution in [3.63, 3.8) is 0 Å². The molecule has 2 aromatic rings. The highest BCUT2D eigenvalue weighted by Crippen LogP contribution is 2.08. The molecule has 2 amide bonds. The summed E-state index contributed by atoms with van der Waals surface area (Å²) in [5, 5.41) is 5.29. The molecule has 6 heteroatoms. The van der Waals surface area contributed by atoms with E-state index in [1.54, 1.807) is 68.4 Å². The monoisotopic (exact) mass is 354 g/mol. The Bertz CT molecular complexity index is 745. The summed E-state index contributed by atoms with van der Waals surface area (Å²) in [6.07, 6.45) is 0. The first kappa shape index (κ1) is 19.2. The average Bonchev–Trinajstić information content (AvgIpc) is 2.65. The van der Waals surface area contributed by atoms with Gasteiger partial charge in [-0.05, 0) is 30.2 Å². The van der Waals surface area contributed by atoms with Crippen molar-refractivity contribution in [3.05, 3.63) is 66.2 Å². The van der Waals surface area contributed by atoms with E-state index >= 15 is 0 Å². The molecule has 2 N–H and O–H groups in total. The first-order chi connectivity index (χ1) is 12.5. The van der Waals surface area contributed by atoms with Gasteiger partial charge in [0.15, 0.2) is 6.61 Å². The van der Waals surface area contributed by atoms with E-state index in [1.165, 1.54) is 0 Å². The molecule has 2 aromatic carbocycles. The lowest BCUT2D eigenvalue weighted by Gasteiger charge is -2.20. The van der Waals surface area contributed by atoms with Gasteiger partial charge >= 0.3 is 5.97 Å². The van der Waals surface area contributed by atoms with Crippen LogP contribution in [0.25, 0.3) is 0 Å². The highest BCUT2D eigenvalue weighted by Gasteiger charge is 2.26. The molecule has 0 saturated carbocycles. The third kappa shape index (κ3) is 5.73. The molecule has 0 fully saturated rings. The van der Waals surface area contributed by atoms with Crippen LogP contribution in [0.2, 0.25) is 0 Å². The molecule has 0 aliphatic rings. The predicted molar refractivity (Wildman–Crippen MR) is 98.6 cm³/mol. The summed E-state index contributed by atoms with van der Waals surface area (Å²) in [6.45, 7) is 3.17. The summed E-state index contributed by atoms with van der Waals surface area (Å²) in [6, 6.07) is 16.6. The third-order valence-corrected chi connectivity index (χ3v) is 3.65. The summed E-state index contributed by atoms with van der Waals surface area (Å²) in [7, 11) is 0. The third-order valence-electron chi connectivity index (χ3n) is 3.65. The molecule has 0 aliphatic carbocycles. The van der Waals surface area contributed by atoms with Gasteiger partial charge in [0.2, 0.25) is 0 Å². The molecule has 0 spiro atoms. The predicted octanol–water partition coefficient (Wildman–Crippen LogP) is 2.62. The number of anilines is 1. The highest BCUT2D eigenvalue weighted by atomic mass is 16.5. The largest absolute Gasteiger partial charge is 0.454 e. The van der Waals surface area contributed by atoms with Crippen LogP contribution in [0.5, 0.6) is 0 Å². The van der Waals surface area contributed by atoms with Gasteiger partial charge in [-0.25, -0.2) is 4.79 Å². The number of nitrogens with one attached hydrogen (secondary N) is 2. The number of hydrogen-bond acceptors (Lipinski definition) is 4. The maximum Gasteiger partial charge on any atom is 0.329 e. The molecule has 6 nitrogen and oxygen atoms in total. The van der Waals surface area contributed by atoms with Gasteiger partial charge in [0, 0.05) is 11.3 Å². The van der Waals surface area contributed by atoms with Crippen molar-refractivity contribution in [1.29, 1.82) is 0 Å². The van der Waals surface area contributed by atoms with Crippen LogP contribution >= 0.6 is 0 Å². The first-order valence-electron chi connectivity index (χ1n) is 8.35. The van der Waals surface area contributed by atoms with Gasteiger partial charge in [0.25, 0.3) is 11.8 Å². The molecule has 26 heavy (non-hydrogen) atoms. The number of carbonyl (C=O) groups excluding carboxylic acids is 3. The maximum atomic E-state index is 12.3. The Morgan fingerprint density at radius 3 is 2.08 bits per heavy atom. The van der Waals surface area contributed by atoms with E-state index in [0.717, 1.165) is 0 Å². The summed E-state index contributed by atoms with van der Waals surface area (Å²) in [4.78, 5) is 36.4. The second kappa shape index (κ2) is 9.36. The fourth-order valence-corrected chi connectivity index (χ4v) is 2.26. The normalized spacial score (nSPS) is 11.5. The number of benzene rings is 2. The molecule has 0 bridgehead atoms. The maximum absolute atomic E-state index is 12.3. The lowest BCUT2D eigenvalue weighted by molar-refractivity contribution is -0.150. The minimum atomic E-state index is -0.841.